The smallest absolute Gasteiger partial charge is 0.264 e. The van der Waals surface area contributed by atoms with E-state index in [4.69, 9.17) is 0 Å². The van der Waals surface area contributed by atoms with Crippen molar-refractivity contribution < 1.29 is 22.4 Å². The first kappa shape index (κ1) is 28.3. The third-order valence-electron chi connectivity index (χ3n) is 5.71. The van der Waals surface area contributed by atoms with E-state index in [1.807, 2.05) is 31.2 Å². The van der Waals surface area contributed by atoms with Crippen molar-refractivity contribution in [2.24, 2.45) is 0 Å². The van der Waals surface area contributed by atoms with Crippen LogP contribution in [0.2, 0.25) is 0 Å². The topological polar surface area (TPSA) is 86.8 Å². The van der Waals surface area contributed by atoms with E-state index in [1.165, 1.54) is 29.2 Å². The van der Waals surface area contributed by atoms with Gasteiger partial charge < -0.3 is 10.2 Å². The van der Waals surface area contributed by atoms with Crippen LogP contribution < -0.4 is 9.62 Å². The summed E-state index contributed by atoms with van der Waals surface area (Å²) in [7, 11) is -4.18. The molecule has 0 aliphatic heterocycles. The van der Waals surface area contributed by atoms with Crippen molar-refractivity contribution >= 4 is 43.5 Å². The number of carbonyl (C=O) groups is 2. The maximum absolute atomic E-state index is 13.7. The van der Waals surface area contributed by atoms with E-state index < -0.39 is 34.3 Å². The number of sulfonamides is 1. The molecule has 3 aromatic rings. The Labute approximate surface area is 225 Å². The Morgan fingerprint density at radius 1 is 0.973 bits per heavy atom. The van der Waals surface area contributed by atoms with Gasteiger partial charge in [0.15, 0.2) is 0 Å². The molecule has 0 aromatic heterocycles. The van der Waals surface area contributed by atoms with Crippen LogP contribution >= 0.6 is 15.9 Å². The molecular formula is C27H29BrFN3O4S. The zero-order valence-electron chi connectivity index (χ0n) is 20.6. The van der Waals surface area contributed by atoms with Crippen molar-refractivity contribution in [3.63, 3.8) is 0 Å². The highest BCUT2D eigenvalue weighted by molar-refractivity contribution is 9.10. The molecule has 1 atom stereocenters. The Bertz CT molecular complexity index is 1300. The van der Waals surface area contributed by atoms with E-state index in [0.29, 0.717) is 6.54 Å². The number of anilines is 1. The number of halogens is 2. The van der Waals surface area contributed by atoms with Crippen molar-refractivity contribution in [3.05, 3.63) is 94.7 Å². The fraction of sp³-hybridized carbons (Fsp3) is 0.259. The monoisotopic (exact) mass is 589 g/mol. The summed E-state index contributed by atoms with van der Waals surface area (Å²) in [6, 6.07) is 19.0. The number of nitrogens with zero attached hydrogens (tertiary/aromatic N) is 2. The van der Waals surface area contributed by atoms with Crippen LogP contribution in [0.3, 0.4) is 0 Å². The molecule has 37 heavy (non-hydrogen) atoms. The molecule has 1 N–H and O–H groups in total. The van der Waals surface area contributed by atoms with Crippen LogP contribution in [-0.4, -0.2) is 44.3 Å². The Morgan fingerprint density at radius 3 is 2.19 bits per heavy atom. The number of nitrogens with one attached hydrogen (secondary N) is 1. The van der Waals surface area contributed by atoms with Crippen molar-refractivity contribution in [3.8, 4) is 0 Å². The van der Waals surface area contributed by atoms with E-state index in [1.54, 1.807) is 25.1 Å². The normalized spacial score (nSPS) is 12.0. The Kier molecular flexibility index (Phi) is 9.82. The maximum Gasteiger partial charge on any atom is 0.264 e. The predicted molar refractivity (Wildman–Crippen MR) is 145 cm³/mol. The molecule has 0 spiro atoms. The molecule has 3 rings (SSSR count). The van der Waals surface area contributed by atoms with Crippen LogP contribution in [-0.2, 0) is 26.2 Å². The van der Waals surface area contributed by atoms with Crippen LogP contribution in [0.25, 0.3) is 0 Å². The minimum atomic E-state index is -4.18. The molecule has 7 nitrogen and oxygen atoms in total. The van der Waals surface area contributed by atoms with Gasteiger partial charge in [0.1, 0.15) is 18.4 Å². The summed E-state index contributed by atoms with van der Waals surface area (Å²) < 4.78 is 42.6. The van der Waals surface area contributed by atoms with Crippen LogP contribution in [0, 0.1) is 5.82 Å². The summed E-state index contributed by atoms with van der Waals surface area (Å²) in [5, 5.41) is 2.80. The molecule has 0 fully saturated rings. The molecule has 10 heteroatoms. The highest BCUT2D eigenvalue weighted by Gasteiger charge is 2.32. The van der Waals surface area contributed by atoms with Gasteiger partial charge in [-0.2, -0.15) is 0 Å². The number of rotatable bonds is 11. The van der Waals surface area contributed by atoms with Gasteiger partial charge in [0.05, 0.1) is 10.6 Å². The average Bonchev–Trinajstić information content (AvgIpc) is 2.90. The van der Waals surface area contributed by atoms with E-state index in [2.05, 4.69) is 21.2 Å². The number of carbonyl (C=O) groups excluding carboxylic acids is 2. The summed E-state index contributed by atoms with van der Waals surface area (Å²) in [5.41, 5.74) is 0.899. The van der Waals surface area contributed by atoms with Gasteiger partial charge in [-0.05, 0) is 67.4 Å². The number of amides is 2. The fourth-order valence-corrected chi connectivity index (χ4v) is 5.32. The lowest BCUT2D eigenvalue weighted by Crippen LogP contribution is -2.51. The molecule has 2 amide bonds. The van der Waals surface area contributed by atoms with E-state index in [-0.39, 0.29) is 23.0 Å². The number of benzene rings is 3. The van der Waals surface area contributed by atoms with Crippen molar-refractivity contribution in [1.82, 2.24) is 10.2 Å². The maximum atomic E-state index is 13.7. The zero-order chi connectivity index (χ0) is 27.0. The lowest BCUT2D eigenvalue weighted by molar-refractivity contribution is -0.139. The average molecular weight is 591 g/mol. The molecule has 196 valence electrons. The first-order valence-electron chi connectivity index (χ1n) is 11.8. The molecule has 0 saturated carbocycles. The molecule has 0 heterocycles. The number of hydrogen-bond acceptors (Lipinski definition) is 4. The van der Waals surface area contributed by atoms with Crippen molar-refractivity contribution in [1.29, 1.82) is 0 Å². The van der Waals surface area contributed by atoms with Crippen molar-refractivity contribution in [2.75, 3.05) is 17.4 Å². The van der Waals surface area contributed by atoms with Gasteiger partial charge in [-0.25, -0.2) is 12.8 Å². The highest BCUT2D eigenvalue weighted by atomic mass is 79.9. The van der Waals surface area contributed by atoms with E-state index in [0.717, 1.165) is 32.9 Å². The van der Waals surface area contributed by atoms with Crippen LogP contribution in [0.1, 0.15) is 25.8 Å². The van der Waals surface area contributed by atoms with Gasteiger partial charge in [0.2, 0.25) is 11.8 Å². The lowest BCUT2D eigenvalue weighted by atomic mass is 10.1. The van der Waals surface area contributed by atoms with Gasteiger partial charge in [-0.3, -0.25) is 13.9 Å². The lowest BCUT2D eigenvalue weighted by Gasteiger charge is -2.32. The van der Waals surface area contributed by atoms with Gasteiger partial charge >= 0.3 is 0 Å². The van der Waals surface area contributed by atoms with Gasteiger partial charge in [0, 0.05) is 17.6 Å². The fourth-order valence-electron chi connectivity index (χ4n) is 3.62. The first-order chi connectivity index (χ1) is 17.6. The molecule has 0 bridgehead atoms. The molecule has 0 aliphatic rings. The van der Waals surface area contributed by atoms with Crippen molar-refractivity contribution in [2.45, 2.75) is 37.8 Å². The molecular weight excluding hydrogens is 561 g/mol. The van der Waals surface area contributed by atoms with Gasteiger partial charge in [-0.1, -0.05) is 53.2 Å². The molecule has 0 unspecified atom stereocenters. The minimum Gasteiger partial charge on any atom is -0.354 e. The van der Waals surface area contributed by atoms with E-state index >= 15 is 0 Å². The summed E-state index contributed by atoms with van der Waals surface area (Å²) in [4.78, 5) is 27.9. The number of hydrogen-bond donors (Lipinski definition) is 1. The second-order valence-corrected chi connectivity index (χ2v) is 11.2. The summed E-state index contributed by atoms with van der Waals surface area (Å²) >= 11 is 3.38. The molecule has 0 radical (unpaired) electrons. The Morgan fingerprint density at radius 2 is 1.59 bits per heavy atom. The summed E-state index contributed by atoms with van der Waals surface area (Å²) in [5.74, 6) is -1.46. The van der Waals surface area contributed by atoms with Gasteiger partial charge in [0.25, 0.3) is 10.0 Å². The SMILES string of the molecule is CCCNC(=O)[C@@H](C)N(Cc1ccc(Br)cc1)C(=O)CN(c1ccc(F)cc1)S(=O)(=O)c1ccccc1. The largest absolute Gasteiger partial charge is 0.354 e. The molecule has 3 aromatic carbocycles. The summed E-state index contributed by atoms with van der Waals surface area (Å²) in [6.07, 6.45) is 0.729. The standard InChI is InChI=1S/C27H29BrFN3O4S/c1-3-17-30-27(34)20(2)31(18-21-9-11-22(28)12-10-21)26(33)19-32(24-15-13-23(29)14-16-24)37(35,36)25-7-5-4-6-8-25/h4-16,20H,3,17-19H2,1-2H3,(H,30,34)/t20-/m1/s1. The predicted octanol–water partition coefficient (Wildman–Crippen LogP) is 4.73. The Hall–Kier alpha value is -3.24. The second kappa shape index (κ2) is 12.8. The minimum absolute atomic E-state index is 0.0136. The quantitative estimate of drug-likeness (QED) is 0.350. The third kappa shape index (κ3) is 7.39. The molecule has 0 aliphatic carbocycles. The first-order valence-corrected chi connectivity index (χ1v) is 14.0. The molecule has 0 saturated heterocycles. The van der Waals surface area contributed by atoms with Crippen LogP contribution in [0.5, 0.6) is 0 Å². The highest BCUT2D eigenvalue weighted by Crippen LogP contribution is 2.25. The van der Waals surface area contributed by atoms with Crippen LogP contribution in [0.15, 0.2) is 88.2 Å². The zero-order valence-corrected chi connectivity index (χ0v) is 23.0. The summed E-state index contributed by atoms with van der Waals surface area (Å²) in [6.45, 7) is 3.49. The Balaban J connectivity index is 1.99. The van der Waals surface area contributed by atoms with Gasteiger partial charge in [-0.15, -0.1) is 0 Å². The second-order valence-electron chi connectivity index (χ2n) is 8.42. The van der Waals surface area contributed by atoms with E-state index in [9.17, 15) is 22.4 Å². The van der Waals surface area contributed by atoms with Crippen LogP contribution in [0.4, 0.5) is 10.1 Å². The third-order valence-corrected chi connectivity index (χ3v) is 8.02.